The molecule has 160 valence electrons. The number of hydrogen-bond donors (Lipinski definition) is 1. The number of para-hydroxylation sites is 2. The van der Waals surface area contributed by atoms with Crippen LogP contribution in [0.5, 0.6) is 11.5 Å². The van der Waals surface area contributed by atoms with Crippen molar-refractivity contribution in [3.05, 3.63) is 48.5 Å². The van der Waals surface area contributed by atoms with Gasteiger partial charge in [0.05, 0.1) is 18.5 Å². The smallest absolute Gasteiger partial charge is 0.262 e. The largest absolute Gasteiger partial charge is 0.497 e. The molecule has 1 aliphatic rings. The summed E-state index contributed by atoms with van der Waals surface area (Å²) < 4.78 is 10.7. The lowest BCUT2D eigenvalue weighted by Gasteiger charge is -2.37. The molecule has 1 fully saturated rings. The summed E-state index contributed by atoms with van der Waals surface area (Å²) in [5.74, 6) is 1.30. The third-order valence-electron chi connectivity index (χ3n) is 5.03. The molecule has 0 aliphatic carbocycles. The maximum Gasteiger partial charge on any atom is 0.262 e. The molecule has 0 bridgehead atoms. The van der Waals surface area contributed by atoms with E-state index in [1.807, 2.05) is 43.0 Å². The highest BCUT2D eigenvalue weighted by Crippen LogP contribution is 2.27. The van der Waals surface area contributed by atoms with Gasteiger partial charge in [-0.25, -0.2) is 0 Å². The molecule has 0 spiro atoms. The lowest BCUT2D eigenvalue weighted by Crippen LogP contribution is -2.50. The molecular weight excluding hydrogens is 382 g/mol. The first kappa shape index (κ1) is 21.5. The van der Waals surface area contributed by atoms with Gasteiger partial charge in [-0.05, 0) is 36.4 Å². The lowest BCUT2D eigenvalue weighted by atomic mass is 10.1. The number of nitrogens with one attached hydrogen (secondary N) is 1. The van der Waals surface area contributed by atoms with Crippen LogP contribution in [0, 0.1) is 5.92 Å². The van der Waals surface area contributed by atoms with Gasteiger partial charge in [0.25, 0.3) is 5.91 Å². The summed E-state index contributed by atoms with van der Waals surface area (Å²) in [6, 6.07) is 14.8. The number of piperazine rings is 1. The topological polar surface area (TPSA) is 71.1 Å². The normalized spacial score (nSPS) is 13.9. The molecule has 1 N–H and O–H groups in total. The van der Waals surface area contributed by atoms with Gasteiger partial charge in [-0.15, -0.1) is 0 Å². The molecule has 2 amide bonds. The number of ether oxygens (including phenoxy) is 2. The van der Waals surface area contributed by atoms with E-state index in [9.17, 15) is 9.59 Å². The Morgan fingerprint density at radius 1 is 0.967 bits per heavy atom. The van der Waals surface area contributed by atoms with Gasteiger partial charge in [-0.1, -0.05) is 26.0 Å². The summed E-state index contributed by atoms with van der Waals surface area (Å²) in [6.45, 7) is 6.58. The third-order valence-corrected chi connectivity index (χ3v) is 5.03. The van der Waals surface area contributed by atoms with Crippen molar-refractivity contribution in [2.45, 2.75) is 13.8 Å². The first-order valence-corrected chi connectivity index (χ1v) is 10.2. The van der Waals surface area contributed by atoms with Gasteiger partial charge in [0.2, 0.25) is 5.91 Å². The van der Waals surface area contributed by atoms with E-state index < -0.39 is 0 Å². The zero-order valence-corrected chi connectivity index (χ0v) is 17.8. The number of rotatable bonds is 7. The minimum atomic E-state index is -0.230. The van der Waals surface area contributed by atoms with Gasteiger partial charge in [0, 0.05) is 32.1 Å². The summed E-state index contributed by atoms with van der Waals surface area (Å²) in [5, 5.41) is 2.94. The summed E-state index contributed by atoms with van der Waals surface area (Å²) in [4.78, 5) is 28.7. The van der Waals surface area contributed by atoms with Crippen LogP contribution < -0.4 is 19.7 Å². The second kappa shape index (κ2) is 10.0. The maximum atomic E-state index is 12.4. The summed E-state index contributed by atoms with van der Waals surface area (Å²) in [5.41, 5.74) is 1.69. The van der Waals surface area contributed by atoms with Crippen molar-refractivity contribution < 1.29 is 19.1 Å². The SMILES string of the molecule is COc1ccc(OCC(=O)Nc2ccccc2N2CCN(C(=O)C(C)C)CC2)cc1. The third kappa shape index (κ3) is 5.43. The van der Waals surface area contributed by atoms with Crippen LogP contribution in [0.25, 0.3) is 0 Å². The highest BCUT2D eigenvalue weighted by Gasteiger charge is 2.24. The average Bonchev–Trinajstić information content (AvgIpc) is 2.78. The molecule has 1 heterocycles. The van der Waals surface area contributed by atoms with E-state index in [1.165, 1.54) is 0 Å². The lowest BCUT2D eigenvalue weighted by molar-refractivity contribution is -0.134. The molecule has 1 aliphatic heterocycles. The van der Waals surface area contributed by atoms with E-state index in [1.54, 1.807) is 31.4 Å². The fourth-order valence-electron chi connectivity index (χ4n) is 3.40. The van der Waals surface area contributed by atoms with Crippen molar-refractivity contribution in [1.82, 2.24) is 4.90 Å². The molecule has 0 atom stereocenters. The summed E-state index contributed by atoms with van der Waals surface area (Å²) in [7, 11) is 1.60. The molecule has 0 saturated carbocycles. The number of anilines is 2. The first-order valence-electron chi connectivity index (χ1n) is 10.2. The van der Waals surface area contributed by atoms with E-state index >= 15 is 0 Å². The summed E-state index contributed by atoms with van der Waals surface area (Å²) in [6.07, 6.45) is 0. The van der Waals surface area contributed by atoms with Gasteiger partial charge >= 0.3 is 0 Å². The molecule has 0 unspecified atom stereocenters. The van der Waals surface area contributed by atoms with Crippen LogP contribution in [0.3, 0.4) is 0 Å². The fourth-order valence-corrected chi connectivity index (χ4v) is 3.40. The Bertz CT molecular complexity index is 859. The van der Waals surface area contributed by atoms with Crippen molar-refractivity contribution in [2.24, 2.45) is 5.92 Å². The maximum absolute atomic E-state index is 12.4. The van der Waals surface area contributed by atoms with Crippen molar-refractivity contribution in [3.8, 4) is 11.5 Å². The fraction of sp³-hybridized carbons (Fsp3) is 0.391. The molecule has 2 aromatic carbocycles. The van der Waals surface area contributed by atoms with Gasteiger partial charge in [-0.2, -0.15) is 0 Å². The first-order chi connectivity index (χ1) is 14.5. The van der Waals surface area contributed by atoms with Gasteiger partial charge < -0.3 is 24.6 Å². The number of carbonyl (C=O) groups excluding carboxylic acids is 2. The van der Waals surface area contributed by atoms with Gasteiger partial charge in [-0.3, -0.25) is 9.59 Å². The molecule has 30 heavy (non-hydrogen) atoms. The van der Waals surface area contributed by atoms with Crippen LogP contribution in [-0.4, -0.2) is 56.6 Å². The minimum Gasteiger partial charge on any atom is -0.497 e. The Kier molecular flexibility index (Phi) is 7.17. The Balaban J connectivity index is 1.57. The Labute approximate surface area is 177 Å². The Hall–Kier alpha value is -3.22. The van der Waals surface area contributed by atoms with Crippen LogP contribution in [0.2, 0.25) is 0 Å². The monoisotopic (exact) mass is 411 g/mol. The predicted octanol–water partition coefficient (Wildman–Crippen LogP) is 3.02. The molecule has 2 aromatic rings. The quantitative estimate of drug-likeness (QED) is 0.758. The van der Waals surface area contributed by atoms with Crippen molar-refractivity contribution in [2.75, 3.05) is 50.1 Å². The highest BCUT2D eigenvalue weighted by molar-refractivity contribution is 5.95. The molecule has 0 aromatic heterocycles. The van der Waals surface area contributed by atoms with Crippen LogP contribution in [0.4, 0.5) is 11.4 Å². The number of amides is 2. The van der Waals surface area contributed by atoms with E-state index in [0.717, 1.165) is 30.2 Å². The zero-order valence-electron chi connectivity index (χ0n) is 17.8. The second-order valence-corrected chi connectivity index (χ2v) is 7.50. The van der Waals surface area contributed by atoms with Crippen LogP contribution in [0.1, 0.15) is 13.8 Å². The molecule has 7 heteroatoms. The van der Waals surface area contributed by atoms with Gasteiger partial charge in [0.15, 0.2) is 6.61 Å². The number of benzene rings is 2. The molecule has 1 saturated heterocycles. The van der Waals surface area contributed by atoms with E-state index in [2.05, 4.69) is 10.2 Å². The van der Waals surface area contributed by atoms with E-state index in [-0.39, 0.29) is 24.3 Å². The van der Waals surface area contributed by atoms with Gasteiger partial charge in [0.1, 0.15) is 11.5 Å². The standard InChI is InChI=1S/C23H29N3O4/c1-17(2)23(28)26-14-12-25(13-15-26)21-7-5-4-6-20(21)24-22(27)16-30-19-10-8-18(29-3)9-11-19/h4-11,17H,12-16H2,1-3H3,(H,24,27). The number of carbonyl (C=O) groups is 2. The van der Waals surface area contributed by atoms with Crippen LogP contribution in [-0.2, 0) is 9.59 Å². The number of methoxy groups -OCH3 is 1. The van der Waals surface area contributed by atoms with Crippen LogP contribution >= 0.6 is 0 Å². The Morgan fingerprint density at radius 3 is 2.23 bits per heavy atom. The van der Waals surface area contributed by atoms with Crippen molar-refractivity contribution >= 4 is 23.2 Å². The van der Waals surface area contributed by atoms with Crippen molar-refractivity contribution in [3.63, 3.8) is 0 Å². The number of hydrogen-bond acceptors (Lipinski definition) is 5. The molecular formula is C23H29N3O4. The molecule has 3 rings (SSSR count). The average molecular weight is 412 g/mol. The molecule has 7 nitrogen and oxygen atoms in total. The minimum absolute atomic E-state index is 0.00817. The number of nitrogens with zero attached hydrogens (tertiary/aromatic N) is 2. The zero-order chi connectivity index (χ0) is 21.5. The predicted molar refractivity (Wildman–Crippen MR) is 117 cm³/mol. The highest BCUT2D eigenvalue weighted by atomic mass is 16.5. The Morgan fingerprint density at radius 2 is 1.60 bits per heavy atom. The summed E-state index contributed by atoms with van der Waals surface area (Å²) >= 11 is 0. The second-order valence-electron chi connectivity index (χ2n) is 7.50. The van der Waals surface area contributed by atoms with E-state index in [0.29, 0.717) is 18.8 Å². The molecule has 0 radical (unpaired) electrons. The van der Waals surface area contributed by atoms with E-state index in [4.69, 9.17) is 9.47 Å². The van der Waals surface area contributed by atoms with Crippen LogP contribution in [0.15, 0.2) is 48.5 Å². The van der Waals surface area contributed by atoms with Crippen molar-refractivity contribution in [1.29, 1.82) is 0 Å².